The number of benzene rings is 1. The third-order valence-electron chi connectivity index (χ3n) is 5.85. The Balaban J connectivity index is 1.45. The van der Waals surface area contributed by atoms with Crippen molar-refractivity contribution in [3.63, 3.8) is 0 Å². The minimum Gasteiger partial charge on any atom is -0.463 e. The quantitative estimate of drug-likeness (QED) is 0.848. The highest BCUT2D eigenvalue weighted by atomic mass is 16.3. The molecule has 1 saturated carbocycles. The maximum atomic E-state index is 12.9. The number of piperidine rings is 1. The Hall–Kier alpha value is -2.07. The van der Waals surface area contributed by atoms with Gasteiger partial charge in [-0.3, -0.25) is 4.79 Å². The summed E-state index contributed by atoms with van der Waals surface area (Å²) in [7, 11) is 0. The predicted octanol–water partition coefficient (Wildman–Crippen LogP) is 2.24. The number of carbonyl (C=O) groups excluding carboxylic acids is 1. The highest BCUT2D eigenvalue weighted by Crippen LogP contribution is 2.48. The molecule has 2 aromatic rings. The Labute approximate surface area is 149 Å². The van der Waals surface area contributed by atoms with Gasteiger partial charge < -0.3 is 14.6 Å². The van der Waals surface area contributed by atoms with E-state index in [4.69, 9.17) is 4.42 Å². The molecular weight excluding hydrogens is 312 g/mol. The number of rotatable bonds is 6. The lowest BCUT2D eigenvalue weighted by Gasteiger charge is -2.31. The third-order valence-corrected chi connectivity index (χ3v) is 5.85. The van der Waals surface area contributed by atoms with Gasteiger partial charge in [-0.25, -0.2) is 0 Å². The lowest BCUT2D eigenvalue weighted by atomic mass is 9.95. The highest BCUT2D eigenvalue weighted by Gasteiger charge is 2.51. The Morgan fingerprint density at radius 2 is 1.84 bits per heavy atom. The summed E-state index contributed by atoms with van der Waals surface area (Å²) >= 11 is 0. The molecule has 1 atom stereocenters. The Kier molecular flexibility index (Phi) is 4.62. The van der Waals surface area contributed by atoms with Crippen LogP contribution in [0.25, 0.3) is 0 Å². The van der Waals surface area contributed by atoms with Crippen molar-refractivity contribution in [2.75, 3.05) is 19.6 Å². The molecular formula is C21H27N2O2+. The van der Waals surface area contributed by atoms with Crippen molar-refractivity contribution in [2.45, 2.75) is 43.6 Å². The van der Waals surface area contributed by atoms with Gasteiger partial charge >= 0.3 is 0 Å². The van der Waals surface area contributed by atoms with E-state index in [1.807, 2.05) is 30.3 Å². The van der Waals surface area contributed by atoms with Gasteiger partial charge in [0, 0.05) is 0 Å². The van der Waals surface area contributed by atoms with E-state index >= 15 is 0 Å². The first-order valence-electron chi connectivity index (χ1n) is 9.51. The zero-order chi connectivity index (χ0) is 17.1. The fourth-order valence-electron chi connectivity index (χ4n) is 4.18. The average Bonchev–Trinajstić information content (AvgIpc) is 3.32. The molecule has 2 fully saturated rings. The second-order valence-electron chi connectivity index (χ2n) is 7.45. The highest BCUT2D eigenvalue weighted by molar-refractivity contribution is 5.91. The van der Waals surface area contributed by atoms with Gasteiger partial charge in [0.1, 0.15) is 0 Å². The molecule has 1 saturated heterocycles. The number of amides is 1. The summed E-state index contributed by atoms with van der Waals surface area (Å²) < 4.78 is 5.69. The molecule has 0 unspecified atom stereocenters. The first kappa shape index (κ1) is 16.4. The number of nitrogens with one attached hydrogen (secondary N) is 2. The lowest BCUT2D eigenvalue weighted by Crippen LogP contribution is -3.13. The normalized spacial score (nSPS) is 20.8. The van der Waals surface area contributed by atoms with Crippen LogP contribution in [0.5, 0.6) is 0 Å². The first-order valence-corrected chi connectivity index (χ1v) is 9.51. The third kappa shape index (κ3) is 3.36. The molecule has 2 aliphatic rings. The molecule has 4 rings (SSSR count). The van der Waals surface area contributed by atoms with Crippen LogP contribution in [-0.4, -0.2) is 25.5 Å². The maximum absolute atomic E-state index is 12.9. The maximum Gasteiger partial charge on any atom is 0.230 e. The standard InChI is InChI=1S/C21H26N2O2/c24-20(21(11-12-21)17-8-3-1-4-9-17)22-16-18(19-10-7-15-25-19)23-13-5-2-6-14-23/h1,3-4,7-10,15,18H,2,5-6,11-14,16H2,(H,22,24)/p+1/t18-/m0/s1. The summed E-state index contributed by atoms with van der Waals surface area (Å²) in [6, 6.07) is 14.4. The van der Waals surface area contributed by atoms with Crippen molar-refractivity contribution in [1.82, 2.24) is 5.32 Å². The molecule has 0 bridgehead atoms. The summed E-state index contributed by atoms with van der Waals surface area (Å²) in [6.45, 7) is 2.96. The minimum atomic E-state index is -0.299. The molecule has 0 spiro atoms. The number of quaternary nitrogens is 1. The molecule has 1 aromatic heterocycles. The van der Waals surface area contributed by atoms with Gasteiger partial charge in [-0.2, -0.15) is 0 Å². The number of hydrogen-bond donors (Lipinski definition) is 2. The molecule has 4 nitrogen and oxygen atoms in total. The summed E-state index contributed by atoms with van der Waals surface area (Å²) in [5.41, 5.74) is 0.846. The molecule has 132 valence electrons. The van der Waals surface area contributed by atoms with Gasteiger partial charge in [-0.05, 0) is 49.8 Å². The van der Waals surface area contributed by atoms with Crippen molar-refractivity contribution in [3.05, 3.63) is 60.1 Å². The Bertz CT molecular complexity index is 686. The van der Waals surface area contributed by atoms with Crippen LogP contribution in [0.4, 0.5) is 0 Å². The van der Waals surface area contributed by atoms with Gasteiger partial charge in [0.2, 0.25) is 5.91 Å². The fourth-order valence-corrected chi connectivity index (χ4v) is 4.18. The lowest BCUT2D eigenvalue weighted by molar-refractivity contribution is -0.936. The predicted molar refractivity (Wildman–Crippen MR) is 96.4 cm³/mol. The summed E-state index contributed by atoms with van der Waals surface area (Å²) in [6.07, 6.45) is 7.47. The SMILES string of the molecule is O=C(NC[C@@H](c1ccco1)[NH+]1CCCCC1)C1(c2ccccc2)CC1. The monoisotopic (exact) mass is 339 g/mol. The average molecular weight is 339 g/mol. The van der Waals surface area contributed by atoms with E-state index in [-0.39, 0.29) is 17.4 Å². The molecule has 4 heteroatoms. The topological polar surface area (TPSA) is 46.7 Å². The summed E-state index contributed by atoms with van der Waals surface area (Å²) in [4.78, 5) is 14.5. The summed E-state index contributed by atoms with van der Waals surface area (Å²) in [5, 5.41) is 3.25. The van der Waals surface area contributed by atoms with Crippen LogP contribution in [0.1, 0.15) is 49.5 Å². The number of furan rings is 1. The molecule has 2 heterocycles. The van der Waals surface area contributed by atoms with Crippen molar-refractivity contribution >= 4 is 5.91 Å². The molecule has 2 N–H and O–H groups in total. The summed E-state index contributed by atoms with van der Waals surface area (Å²) in [5.74, 6) is 1.16. The van der Waals surface area contributed by atoms with Crippen LogP contribution in [-0.2, 0) is 10.2 Å². The second-order valence-corrected chi connectivity index (χ2v) is 7.45. The van der Waals surface area contributed by atoms with Gasteiger partial charge in [-0.1, -0.05) is 30.3 Å². The second kappa shape index (κ2) is 7.04. The number of likely N-dealkylation sites (tertiary alicyclic amines) is 1. The number of hydrogen-bond acceptors (Lipinski definition) is 2. The van der Waals surface area contributed by atoms with Gasteiger partial charge in [0.25, 0.3) is 0 Å². The van der Waals surface area contributed by atoms with Gasteiger partial charge in [0.15, 0.2) is 11.8 Å². The van der Waals surface area contributed by atoms with Crippen LogP contribution in [0, 0.1) is 0 Å². The van der Waals surface area contributed by atoms with Crippen molar-refractivity contribution < 1.29 is 14.1 Å². The smallest absolute Gasteiger partial charge is 0.230 e. The van der Waals surface area contributed by atoms with Crippen molar-refractivity contribution in [3.8, 4) is 0 Å². The van der Waals surface area contributed by atoms with E-state index in [9.17, 15) is 4.79 Å². The zero-order valence-corrected chi connectivity index (χ0v) is 14.7. The van der Waals surface area contributed by atoms with Crippen molar-refractivity contribution in [1.29, 1.82) is 0 Å². The number of carbonyl (C=O) groups is 1. The molecule has 0 radical (unpaired) electrons. The molecule has 1 aromatic carbocycles. The van der Waals surface area contributed by atoms with E-state index < -0.39 is 0 Å². The van der Waals surface area contributed by atoms with Gasteiger partial charge in [-0.15, -0.1) is 0 Å². The van der Waals surface area contributed by atoms with E-state index in [0.717, 1.165) is 37.3 Å². The Morgan fingerprint density at radius 1 is 1.08 bits per heavy atom. The van der Waals surface area contributed by atoms with Crippen LogP contribution < -0.4 is 10.2 Å². The van der Waals surface area contributed by atoms with Crippen LogP contribution in [0.15, 0.2) is 53.1 Å². The van der Waals surface area contributed by atoms with E-state index in [1.165, 1.54) is 24.2 Å². The molecule has 1 aliphatic carbocycles. The van der Waals surface area contributed by atoms with Crippen molar-refractivity contribution in [2.24, 2.45) is 0 Å². The fraction of sp³-hybridized carbons (Fsp3) is 0.476. The van der Waals surface area contributed by atoms with E-state index in [0.29, 0.717) is 6.54 Å². The van der Waals surface area contributed by atoms with E-state index in [1.54, 1.807) is 6.26 Å². The molecule has 25 heavy (non-hydrogen) atoms. The largest absolute Gasteiger partial charge is 0.463 e. The molecule has 1 amide bonds. The van der Waals surface area contributed by atoms with Crippen LogP contribution in [0.2, 0.25) is 0 Å². The van der Waals surface area contributed by atoms with E-state index in [2.05, 4.69) is 17.4 Å². The van der Waals surface area contributed by atoms with Crippen LogP contribution >= 0.6 is 0 Å². The van der Waals surface area contributed by atoms with Gasteiger partial charge in [0.05, 0.1) is 31.3 Å². The Morgan fingerprint density at radius 3 is 2.48 bits per heavy atom. The first-order chi connectivity index (χ1) is 12.3. The van der Waals surface area contributed by atoms with Crippen LogP contribution in [0.3, 0.4) is 0 Å². The minimum absolute atomic E-state index is 0.173. The molecule has 1 aliphatic heterocycles. The zero-order valence-electron chi connectivity index (χ0n) is 14.7.